The number of rotatable bonds is 1. The molecule has 2 aliphatic rings. The van der Waals surface area contributed by atoms with E-state index < -0.39 is 0 Å². The first kappa shape index (κ1) is 14.3. The van der Waals surface area contributed by atoms with Crippen molar-refractivity contribution < 1.29 is 9.18 Å². The number of hydrogen-bond donors (Lipinski definition) is 1. The molecule has 0 radical (unpaired) electrons. The van der Waals surface area contributed by atoms with Crippen LogP contribution in [0.2, 0.25) is 0 Å². The number of benzene rings is 1. The number of halogens is 2. The van der Waals surface area contributed by atoms with E-state index in [1.807, 2.05) is 4.90 Å². The molecule has 5 heteroatoms. The van der Waals surface area contributed by atoms with Gasteiger partial charge in [0.05, 0.1) is 0 Å². The van der Waals surface area contributed by atoms with E-state index >= 15 is 0 Å². The first-order valence-corrected chi connectivity index (χ1v) is 6.53. The molecule has 19 heavy (non-hydrogen) atoms. The van der Waals surface area contributed by atoms with Gasteiger partial charge in [-0.05, 0) is 43.5 Å². The summed E-state index contributed by atoms with van der Waals surface area (Å²) in [5.41, 5.74) is 0.578. The Kier molecular flexibility index (Phi) is 4.42. The van der Waals surface area contributed by atoms with Gasteiger partial charge in [0.15, 0.2) is 0 Å². The highest BCUT2D eigenvalue weighted by molar-refractivity contribution is 5.94. The van der Waals surface area contributed by atoms with E-state index in [0.717, 1.165) is 25.9 Å². The van der Waals surface area contributed by atoms with E-state index in [2.05, 4.69) is 5.32 Å². The van der Waals surface area contributed by atoms with Crippen LogP contribution in [0.15, 0.2) is 24.3 Å². The van der Waals surface area contributed by atoms with Crippen LogP contribution >= 0.6 is 12.4 Å². The van der Waals surface area contributed by atoms with Crippen LogP contribution in [0.4, 0.5) is 4.39 Å². The summed E-state index contributed by atoms with van der Waals surface area (Å²) in [5, 5.41) is 3.54. The summed E-state index contributed by atoms with van der Waals surface area (Å²) in [6.07, 6.45) is 3.39. The second-order valence-corrected chi connectivity index (χ2v) is 5.18. The molecule has 1 N–H and O–H groups in total. The Labute approximate surface area is 118 Å². The zero-order valence-electron chi connectivity index (χ0n) is 10.6. The predicted molar refractivity (Wildman–Crippen MR) is 74.1 cm³/mol. The zero-order valence-corrected chi connectivity index (χ0v) is 11.5. The van der Waals surface area contributed by atoms with Crippen molar-refractivity contribution in [1.29, 1.82) is 0 Å². The molecule has 0 saturated carbocycles. The number of carbonyl (C=O) groups is 1. The summed E-state index contributed by atoms with van der Waals surface area (Å²) >= 11 is 0. The van der Waals surface area contributed by atoms with Gasteiger partial charge in [0.2, 0.25) is 0 Å². The van der Waals surface area contributed by atoms with Crippen molar-refractivity contribution in [1.82, 2.24) is 10.2 Å². The van der Waals surface area contributed by atoms with Gasteiger partial charge in [0.25, 0.3) is 5.91 Å². The van der Waals surface area contributed by atoms with Crippen LogP contribution in [0.25, 0.3) is 0 Å². The molecular weight excluding hydrogens is 267 g/mol. The number of carbonyl (C=O) groups excluding carboxylic acids is 1. The average molecular weight is 285 g/mol. The monoisotopic (exact) mass is 284 g/mol. The maximum atomic E-state index is 12.8. The van der Waals surface area contributed by atoms with Crippen LogP contribution < -0.4 is 5.32 Å². The molecule has 104 valence electrons. The fourth-order valence-electron chi connectivity index (χ4n) is 2.90. The smallest absolute Gasteiger partial charge is 0.253 e. The molecular formula is C14H18ClFN2O. The van der Waals surface area contributed by atoms with Gasteiger partial charge in [0, 0.05) is 30.7 Å². The molecule has 3 rings (SSSR count). The van der Waals surface area contributed by atoms with Gasteiger partial charge < -0.3 is 10.2 Å². The first-order valence-electron chi connectivity index (χ1n) is 6.53. The van der Waals surface area contributed by atoms with Gasteiger partial charge in [0.1, 0.15) is 5.82 Å². The van der Waals surface area contributed by atoms with Crippen LogP contribution in [-0.2, 0) is 0 Å². The van der Waals surface area contributed by atoms with E-state index in [9.17, 15) is 9.18 Å². The summed E-state index contributed by atoms with van der Waals surface area (Å²) in [5.74, 6) is -0.285. The van der Waals surface area contributed by atoms with Crippen LogP contribution in [0.1, 0.15) is 29.6 Å². The fourth-order valence-corrected chi connectivity index (χ4v) is 2.90. The molecule has 0 aromatic heterocycles. The third kappa shape index (κ3) is 3.07. The lowest BCUT2D eigenvalue weighted by Crippen LogP contribution is -2.39. The zero-order chi connectivity index (χ0) is 12.5. The van der Waals surface area contributed by atoms with E-state index in [4.69, 9.17) is 0 Å². The number of amides is 1. The van der Waals surface area contributed by atoms with Crippen LogP contribution in [0.5, 0.6) is 0 Å². The van der Waals surface area contributed by atoms with Crippen molar-refractivity contribution >= 4 is 18.3 Å². The summed E-state index contributed by atoms with van der Waals surface area (Å²) < 4.78 is 12.8. The van der Waals surface area contributed by atoms with Crippen molar-refractivity contribution in [2.24, 2.45) is 0 Å². The SMILES string of the molecule is Cl.O=C(c1ccc(F)cc1)N1CCC2CCC(C1)N2. The Morgan fingerprint density at radius 2 is 1.84 bits per heavy atom. The van der Waals surface area contributed by atoms with E-state index in [1.165, 1.54) is 18.6 Å². The largest absolute Gasteiger partial charge is 0.337 e. The molecule has 2 saturated heterocycles. The lowest BCUT2D eigenvalue weighted by atomic mass is 10.1. The van der Waals surface area contributed by atoms with Gasteiger partial charge in [-0.1, -0.05) is 0 Å². The van der Waals surface area contributed by atoms with Gasteiger partial charge in [-0.2, -0.15) is 0 Å². The Morgan fingerprint density at radius 1 is 1.16 bits per heavy atom. The standard InChI is InChI=1S/C14H17FN2O.ClH/c15-11-3-1-10(2-4-11)14(18)17-8-7-12-5-6-13(9-17)16-12;/h1-4,12-13,16H,5-9H2;1H. The third-order valence-corrected chi connectivity index (χ3v) is 3.90. The molecule has 2 heterocycles. The van der Waals surface area contributed by atoms with Crippen LogP contribution in [-0.4, -0.2) is 36.0 Å². The Balaban J connectivity index is 0.00000133. The number of fused-ring (bicyclic) bond motifs is 2. The summed E-state index contributed by atoms with van der Waals surface area (Å²) in [6.45, 7) is 1.57. The van der Waals surface area contributed by atoms with E-state index in [1.54, 1.807) is 12.1 Å². The second-order valence-electron chi connectivity index (χ2n) is 5.18. The summed E-state index contributed by atoms with van der Waals surface area (Å²) in [6, 6.07) is 6.82. The maximum absolute atomic E-state index is 12.8. The number of hydrogen-bond acceptors (Lipinski definition) is 2. The third-order valence-electron chi connectivity index (χ3n) is 3.90. The molecule has 2 unspecified atom stereocenters. The summed E-state index contributed by atoms with van der Waals surface area (Å²) in [7, 11) is 0. The minimum Gasteiger partial charge on any atom is -0.337 e. The fraction of sp³-hybridized carbons (Fsp3) is 0.500. The molecule has 2 fully saturated rings. The maximum Gasteiger partial charge on any atom is 0.253 e. The molecule has 2 aliphatic heterocycles. The quantitative estimate of drug-likeness (QED) is 0.858. The molecule has 1 amide bonds. The van der Waals surface area contributed by atoms with Crippen molar-refractivity contribution in [3.8, 4) is 0 Å². The molecule has 2 bridgehead atoms. The molecule has 0 aliphatic carbocycles. The highest BCUT2D eigenvalue weighted by atomic mass is 35.5. The van der Waals surface area contributed by atoms with Gasteiger partial charge in [-0.15, -0.1) is 12.4 Å². The van der Waals surface area contributed by atoms with Crippen molar-refractivity contribution in [3.63, 3.8) is 0 Å². The van der Waals surface area contributed by atoms with Crippen LogP contribution in [0, 0.1) is 5.82 Å². The molecule has 0 spiro atoms. The van der Waals surface area contributed by atoms with E-state index in [-0.39, 0.29) is 24.1 Å². The van der Waals surface area contributed by atoms with Crippen LogP contribution in [0.3, 0.4) is 0 Å². The minimum atomic E-state index is -0.303. The minimum absolute atomic E-state index is 0. The topological polar surface area (TPSA) is 32.3 Å². The molecule has 2 atom stereocenters. The Hall–Kier alpha value is -1.13. The van der Waals surface area contributed by atoms with Gasteiger partial charge in [-0.25, -0.2) is 4.39 Å². The lowest BCUT2D eigenvalue weighted by Gasteiger charge is -2.24. The molecule has 1 aromatic carbocycles. The van der Waals surface area contributed by atoms with Gasteiger partial charge in [-0.3, -0.25) is 4.79 Å². The summed E-state index contributed by atoms with van der Waals surface area (Å²) in [4.78, 5) is 14.2. The van der Waals surface area contributed by atoms with Crippen molar-refractivity contribution in [2.45, 2.75) is 31.3 Å². The molecule has 1 aromatic rings. The second kappa shape index (κ2) is 5.88. The highest BCUT2D eigenvalue weighted by Gasteiger charge is 2.31. The Morgan fingerprint density at radius 3 is 2.58 bits per heavy atom. The highest BCUT2D eigenvalue weighted by Crippen LogP contribution is 2.21. The lowest BCUT2D eigenvalue weighted by molar-refractivity contribution is 0.0748. The number of likely N-dealkylation sites (tertiary alicyclic amines) is 1. The Bertz CT molecular complexity index is 451. The average Bonchev–Trinajstić information content (AvgIpc) is 2.69. The number of nitrogens with zero attached hydrogens (tertiary/aromatic N) is 1. The molecule has 3 nitrogen and oxygen atoms in total. The normalized spacial score (nSPS) is 25.6. The first-order chi connectivity index (χ1) is 8.72. The van der Waals surface area contributed by atoms with Crippen molar-refractivity contribution in [3.05, 3.63) is 35.6 Å². The van der Waals surface area contributed by atoms with Gasteiger partial charge >= 0.3 is 0 Å². The predicted octanol–water partition coefficient (Wildman–Crippen LogP) is 2.21. The number of nitrogens with one attached hydrogen (secondary N) is 1. The van der Waals surface area contributed by atoms with Crippen molar-refractivity contribution in [2.75, 3.05) is 13.1 Å². The van der Waals surface area contributed by atoms with E-state index in [0.29, 0.717) is 17.6 Å².